The molecule has 0 aliphatic heterocycles. The topological polar surface area (TPSA) is 93.1 Å². The van der Waals surface area contributed by atoms with Gasteiger partial charge in [0.1, 0.15) is 22.8 Å². The molecule has 0 unspecified atom stereocenters. The number of aromatic nitrogens is 1. The Kier molecular flexibility index (Phi) is 9.53. The molecule has 0 saturated heterocycles. The molecule has 3 aromatic rings. The minimum Gasteiger partial charge on any atom is -0.497 e. The molecule has 0 N–H and O–H groups in total. The Bertz CT molecular complexity index is 1450. The Labute approximate surface area is 234 Å². The largest absolute Gasteiger partial charge is 0.497 e. The highest BCUT2D eigenvalue weighted by atomic mass is 31.2. The second-order valence-corrected chi connectivity index (χ2v) is 15.5. The van der Waals surface area contributed by atoms with Gasteiger partial charge in [0.15, 0.2) is 18.8 Å². The highest BCUT2D eigenvalue weighted by molar-refractivity contribution is 7.62. The molecule has 0 bridgehead atoms. The number of esters is 1. The van der Waals surface area contributed by atoms with Gasteiger partial charge in [-0.15, -0.1) is 0 Å². The van der Waals surface area contributed by atoms with Crippen LogP contribution in [-0.4, -0.2) is 41.2 Å². The van der Waals surface area contributed by atoms with Gasteiger partial charge in [0.2, 0.25) is 7.37 Å². The van der Waals surface area contributed by atoms with Gasteiger partial charge in [0.25, 0.3) is 0 Å². The molecule has 0 atom stereocenters. The van der Waals surface area contributed by atoms with E-state index in [1.807, 2.05) is 48.5 Å². The maximum Gasteiger partial charge on any atom is 0.334 e. The van der Waals surface area contributed by atoms with E-state index in [1.165, 1.54) is 30.0 Å². The van der Waals surface area contributed by atoms with E-state index in [4.69, 9.17) is 18.7 Å². The molecule has 0 aliphatic carbocycles. The third kappa shape index (κ3) is 6.42. The number of halogens is 1. The predicted octanol–water partition coefficient (Wildman–Crippen LogP) is 7.00. The number of hydrogen-bond acceptors (Lipinski definition) is 7. The Morgan fingerprint density at radius 2 is 1.62 bits per heavy atom. The van der Waals surface area contributed by atoms with Gasteiger partial charge in [0.05, 0.1) is 19.1 Å². The zero-order valence-electron chi connectivity index (χ0n) is 24.5. The average Bonchev–Trinajstić information content (AvgIpc) is 2.89. The van der Waals surface area contributed by atoms with E-state index in [2.05, 4.69) is 0 Å². The van der Waals surface area contributed by atoms with Crippen LogP contribution >= 0.6 is 7.37 Å². The lowest BCUT2D eigenvalue weighted by Crippen LogP contribution is -2.31. The van der Waals surface area contributed by atoms with E-state index < -0.39 is 41.5 Å². The van der Waals surface area contributed by atoms with E-state index in [0.29, 0.717) is 24.3 Å². The van der Waals surface area contributed by atoms with Crippen molar-refractivity contribution in [1.82, 2.24) is 4.57 Å². The number of methoxy groups -OCH3 is 1. The molecule has 1 heterocycles. The van der Waals surface area contributed by atoms with Crippen molar-refractivity contribution < 1.29 is 32.5 Å². The van der Waals surface area contributed by atoms with Crippen LogP contribution in [0.4, 0.5) is 4.39 Å². The summed E-state index contributed by atoms with van der Waals surface area (Å²) in [5.41, 5.74) is 0.381. The number of ether oxygens (including phenoxy) is 3. The quantitative estimate of drug-likeness (QED) is 0.190. The zero-order valence-corrected chi connectivity index (χ0v) is 25.4. The Balaban J connectivity index is 2.03. The molecule has 218 valence electrons. The Hall–Kier alpha value is -3.16. The van der Waals surface area contributed by atoms with Gasteiger partial charge in [-0.1, -0.05) is 60.6 Å². The summed E-state index contributed by atoms with van der Waals surface area (Å²) in [6.07, 6.45) is 2.20. The molecular formula is C30H39FNO7P. The van der Waals surface area contributed by atoms with Crippen LogP contribution in [0.2, 0.25) is 0 Å². The van der Waals surface area contributed by atoms with Gasteiger partial charge in [-0.25, -0.2) is 9.18 Å². The third-order valence-electron chi connectivity index (χ3n) is 6.49. The van der Waals surface area contributed by atoms with Gasteiger partial charge in [-0.05, 0) is 36.2 Å². The van der Waals surface area contributed by atoms with E-state index >= 15 is 4.39 Å². The Morgan fingerprint density at radius 3 is 2.17 bits per heavy atom. The van der Waals surface area contributed by atoms with Gasteiger partial charge >= 0.3 is 5.97 Å². The van der Waals surface area contributed by atoms with Crippen LogP contribution in [0.3, 0.4) is 0 Å². The lowest BCUT2D eigenvalue weighted by atomic mass is 10.0. The smallest absolute Gasteiger partial charge is 0.334 e. The second kappa shape index (κ2) is 12.1. The number of fused-ring (bicyclic) bond motifs is 1. The fourth-order valence-corrected chi connectivity index (χ4v) is 7.66. The van der Waals surface area contributed by atoms with Gasteiger partial charge in [-0.3, -0.25) is 9.36 Å². The van der Waals surface area contributed by atoms with Crippen molar-refractivity contribution in [2.75, 3.05) is 20.3 Å². The number of carbonyl (C=O) groups is 1. The van der Waals surface area contributed by atoms with Crippen LogP contribution in [0.5, 0.6) is 11.5 Å². The first kappa shape index (κ1) is 31.4. The van der Waals surface area contributed by atoms with Crippen molar-refractivity contribution in [3.05, 3.63) is 58.6 Å². The summed E-state index contributed by atoms with van der Waals surface area (Å²) in [4.78, 5) is 26.3. The maximum absolute atomic E-state index is 15.2. The maximum atomic E-state index is 15.2. The second-order valence-electron chi connectivity index (χ2n) is 11.5. The number of pyridine rings is 1. The van der Waals surface area contributed by atoms with E-state index in [9.17, 15) is 14.2 Å². The fraction of sp³-hybridized carbons (Fsp3) is 0.467. The number of hydrogen-bond donors (Lipinski definition) is 0. The number of nitrogens with zero attached hydrogens (tertiary/aromatic N) is 1. The predicted molar refractivity (Wildman–Crippen MR) is 155 cm³/mol. The molecule has 0 spiro atoms. The molecule has 1 aromatic heterocycles. The Morgan fingerprint density at radius 1 is 1.00 bits per heavy atom. The van der Waals surface area contributed by atoms with Gasteiger partial charge in [-0.2, -0.15) is 0 Å². The average molecular weight is 576 g/mol. The number of benzene rings is 2. The van der Waals surface area contributed by atoms with Crippen LogP contribution in [0.15, 0.2) is 47.4 Å². The van der Waals surface area contributed by atoms with Crippen molar-refractivity contribution >= 4 is 24.2 Å². The van der Waals surface area contributed by atoms with Crippen LogP contribution in [0.25, 0.3) is 22.0 Å². The van der Waals surface area contributed by atoms with Crippen molar-refractivity contribution in [2.24, 2.45) is 0 Å². The first-order valence-corrected chi connectivity index (χ1v) is 14.8. The summed E-state index contributed by atoms with van der Waals surface area (Å²) >= 11 is 0. The van der Waals surface area contributed by atoms with Gasteiger partial charge < -0.3 is 23.3 Å². The molecule has 0 aliphatic rings. The molecule has 0 saturated carbocycles. The van der Waals surface area contributed by atoms with Crippen molar-refractivity contribution in [3.8, 4) is 22.6 Å². The third-order valence-corrected chi connectivity index (χ3v) is 10.5. The molecule has 40 heavy (non-hydrogen) atoms. The van der Waals surface area contributed by atoms with Crippen LogP contribution in [0.1, 0.15) is 54.9 Å². The molecule has 0 amide bonds. The SMILES string of the molecule is CCCOc1ccc(F)c2c(=O)c(-c3ccc(OC)cc3)cn(COC(=O)COP(=O)(C(C)(C)C)C(C)(C)C)c12. The minimum absolute atomic E-state index is 0.166. The van der Waals surface area contributed by atoms with Gasteiger partial charge in [0, 0.05) is 22.1 Å². The molecule has 8 nitrogen and oxygen atoms in total. The lowest BCUT2D eigenvalue weighted by molar-refractivity contribution is -0.149. The molecule has 10 heteroatoms. The van der Waals surface area contributed by atoms with E-state index in [-0.39, 0.29) is 28.9 Å². The molecule has 3 rings (SSSR count). The lowest BCUT2D eigenvalue weighted by Gasteiger charge is -2.39. The van der Waals surface area contributed by atoms with E-state index in [1.54, 1.807) is 24.3 Å². The van der Waals surface area contributed by atoms with Crippen LogP contribution < -0.4 is 14.9 Å². The van der Waals surface area contributed by atoms with E-state index in [0.717, 1.165) is 0 Å². The molecule has 0 radical (unpaired) electrons. The van der Waals surface area contributed by atoms with Crippen LogP contribution in [0, 0.1) is 5.82 Å². The summed E-state index contributed by atoms with van der Waals surface area (Å²) in [6.45, 7) is 12.2. The van der Waals surface area contributed by atoms with Crippen molar-refractivity contribution in [2.45, 2.75) is 71.9 Å². The summed E-state index contributed by atoms with van der Waals surface area (Å²) in [5, 5.41) is -1.58. The highest BCUT2D eigenvalue weighted by Crippen LogP contribution is 2.67. The number of carbonyl (C=O) groups excluding carboxylic acids is 1. The number of rotatable bonds is 10. The van der Waals surface area contributed by atoms with Crippen molar-refractivity contribution in [1.29, 1.82) is 0 Å². The monoisotopic (exact) mass is 575 g/mol. The summed E-state index contributed by atoms with van der Waals surface area (Å²) in [5.74, 6) is -0.588. The van der Waals surface area contributed by atoms with Crippen LogP contribution in [-0.2, 0) is 25.4 Å². The highest BCUT2D eigenvalue weighted by Gasteiger charge is 2.48. The first-order valence-electron chi connectivity index (χ1n) is 13.2. The minimum atomic E-state index is -3.29. The summed E-state index contributed by atoms with van der Waals surface area (Å²) < 4.78 is 52.7. The fourth-order valence-electron chi connectivity index (χ4n) is 4.59. The molecule has 2 aromatic carbocycles. The zero-order chi connectivity index (χ0) is 29.9. The summed E-state index contributed by atoms with van der Waals surface area (Å²) in [7, 11) is -1.76. The molecule has 0 fully saturated rings. The summed E-state index contributed by atoms with van der Waals surface area (Å²) in [6, 6.07) is 9.41. The standard InChI is InChI=1S/C30H39FNO7P/c1-9-16-37-24-15-14-23(31)26-27(24)32(17-22(28(26)34)20-10-12-21(36-8)13-11-20)19-38-25(33)18-39-40(35,29(2,3)4)30(5,6)7/h10-15,17H,9,16,18-19H2,1-8H3. The first-order chi connectivity index (χ1) is 18.6. The van der Waals surface area contributed by atoms with Crippen molar-refractivity contribution in [3.63, 3.8) is 0 Å². The molecular weight excluding hydrogens is 536 g/mol. The normalized spacial score (nSPS) is 12.4.